The first-order chi connectivity index (χ1) is 14.5. The Balaban J connectivity index is 1.32. The second-order valence-corrected chi connectivity index (χ2v) is 7.85. The van der Waals surface area contributed by atoms with Gasteiger partial charge in [-0.2, -0.15) is 0 Å². The van der Waals surface area contributed by atoms with E-state index in [9.17, 15) is 14.4 Å². The molecule has 0 radical (unpaired) electrons. The van der Waals surface area contributed by atoms with Crippen LogP contribution in [0.25, 0.3) is 11.0 Å². The molecule has 1 N–H and O–H groups in total. The number of fused-ring (bicyclic) bond motifs is 1. The zero-order chi connectivity index (χ0) is 21.1. The molecule has 156 valence electrons. The van der Waals surface area contributed by atoms with Gasteiger partial charge in [0.2, 0.25) is 0 Å². The number of imidazole rings is 1. The summed E-state index contributed by atoms with van der Waals surface area (Å²) in [5.41, 5.74) is 2.29. The van der Waals surface area contributed by atoms with Gasteiger partial charge in [-0.3, -0.25) is 18.7 Å². The van der Waals surface area contributed by atoms with Crippen molar-refractivity contribution in [1.29, 1.82) is 0 Å². The Bertz CT molecular complexity index is 1130. The normalized spacial score (nSPS) is 14.8. The number of para-hydroxylation sites is 2. The minimum absolute atomic E-state index is 0.0306. The van der Waals surface area contributed by atoms with Crippen molar-refractivity contribution in [2.75, 3.05) is 13.2 Å². The number of hydrogen-bond acceptors (Lipinski definition) is 4. The lowest BCUT2D eigenvalue weighted by Crippen LogP contribution is -2.46. The molecule has 2 aromatic carbocycles. The molecule has 7 heteroatoms. The van der Waals surface area contributed by atoms with Crippen LogP contribution in [0, 0.1) is 0 Å². The molecule has 0 atom stereocenters. The molecule has 1 heterocycles. The maximum Gasteiger partial charge on any atom is 0.329 e. The summed E-state index contributed by atoms with van der Waals surface area (Å²) < 4.78 is 7.96. The van der Waals surface area contributed by atoms with Gasteiger partial charge in [-0.05, 0) is 30.5 Å². The number of aryl methyl sites for hydroxylation is 1. The van der Waals surface area contributed by atoms with Crippen molar-refractivity contribution in [1.82, 2.24) is 14.5 Å². The van der Waals surface area contributed by atoms with Crippen molar-refractivity contribution in [3.8, 4) is 0 Å². The molecular formula is C23H25N3O4. The number of esters is 1. The van der Waals surface area contributed by atoms with E-state index in [4.69, 9.17) is 4.74 Å². The average molecular weight is 407 g/mol. The molecule has 0 aliphatic heterocycles. The highest BCUT2D eigenvalue weighted by Crippen LogP contribution is 2.43. The molecular weight excluding hydrogens is 382 g/mol. The Morgan fingerprint density at radius 2 is 1.70 bits per heavy atom. The lowest BCUT2D eigenvalue weighted by atomic mass is 9.64. The molecule has 0 saturated heterocycles. The fourth-order valence-corrected chi connectivity index (χ4v) is 4.12. The van der Waals surface area contributed by atoms with Crippen LogP contribution < -0.4 is 11.0 Å². The number of rotatable bonds is 7. The summed E-state index contributed by atoms with van der Waals surface area (Å²) in [5, 5.41) is 2.90. The van der Waals surface area contributed by atoms with Crippen molar-refractivity contribution in [2.45, 2.75) is 31.2 Å². The summed E-state index contributed by atoms with van der Waals surface area (Å²) in [6, 6.07) is 17.4. The minimum atomic E-state index is -0.620. The van der Waals surface area contributed by atoms with Gasteiger partial charge in [-0.1, -0.05) is 48.9 Å². The largest absolute Gasteiger partial charge is 0.454 e. The molecule has 1 aromatic heterocycles. The first-order valence-corrected chi connectivity index (χ1v) is 10.1. The summed E-state index contributed by atoms with van der Waals surface area (Å²) in [5.74, 6) is -0.958. The summed E-state index contributed by atoms with van der Waals surface area (Å²) >= 11 is 0. The van der Waals surface area contributed by atoms with Crippen molar-refractivity contribution in [3.63, 3.8) is 0 Å². The fourth-order valence-electron chi connectivity index (χ4n) is 4.12. The van der Waals surface area contributed by atoms with Gasteiger partial charge in [0, 0.05) is 19.0 Å². The standard InChI is InChI=1S/C23H25N3O4/c1-25-18-10-5-6-11-19(18)26(22(25)29)14-21(28)30-15-20(27)24-16-23(12-7-13-23)17-8-3-2-4-9-17/h2-6,8-11H,7,12-16H2,1H3,(H,24,27). The third-order valence-electron chi connectivity index (χ3n) is 6.02. The third-order valence-corrected chi connectivity index (χ3v) is 6.02. The highest BCUT2D eigenvalue weighted by molar-refractivity contribution is 5.82. The zero-order valence-corrected chi connectivity index (χ0v) is 17.0. The van der Waals surface area contributed by atoms with E-state index in [0.717, 1.165) is 24.8 Å². The molecule has 0 spiro atoms. The van der Waals surface area contributed by atoms with Crippen LogP contribution in [0.3, 0.4) is 0 Å². The molecule has 3 aromatic rings. The highest BCUT2D eigenvalue weighted by Gasteiger charge is 2.38. The number of amides is 1. The number of nitrogens with zero attached hydrogens (tertiary/aromatic N) is 2. The number of aromatic nitrogens is 2. The molecule has 1 aliphatic rings. The first kappa shape index (κ1) is 19.9. The van der Waals surface area contributed by atoms with E-state index in [-0.39, 0.29) is 30.2 Å². The third kappa shape index (κ3) is 3.75. The SMILES string of the molecule is Cn1c(=O)n(CC(=O)OCC(=O)NCC2(c3ccccc3)CCC2)c2ccccc21. The van der Waals surface area contributed by atoms with Crippen molar-refractivity contribution >= 4 is 22.9 Å². The molecule has 7 nitrogen and oxygen atoms in total. The quantitative estimate of drug-likeness (QED) is 0.608. The Morgan fingerprint density at radius 1 is 1.03 bits per heavy atom. The van der Waals surface area contributed by atoms with E-state index in [0.29, 0.717) is 12.1 Å². The summed E-state index contributed by atoms with van der Waals surface area (Å²) in [4.78, 5) is 36.9. The fraction of sp³-hybridized carbons (Fsp3) is 0.348. The van der Waals surface area contributed by atoms with Gasteiger partial charge in [0.1, 0.15) is 6.54 Å². The minimum Gasteiger partial charge on any atom is -0.454 e. The number of carbonyl (C=O) groups excluding carboxylic acids is 2. The van der Waals surface area contributed by atoms with Crippen LogP contribution in [0.5, 0.6) is 0 Å². The van der Waals surface area contributed by atoms with Crippen molar-refractivity contribution in [3.05, 3.63) is 70.6 Å². The highest BCUT2D eigenvalue weighted by atomic mass is 16.5. The number of nitrogens with one attached hydrogen (secondary N) is 1. The zero-order valence-electron chi connectivity index (χ0n) is 17.0. The van der Waals surface area contributed by atoms with Crippen LogP contribution in [-0.4, -0.2) is 34.2 Å². The predicted molar refractivity (Wildman–Crippen MR) is 113 cm³/mol. The van der Waals surface area contributed by atoms with Crippen LogP contribution in [0.1, 0.15) is 24.8 Å². The van der Waals surface area contributed by atoms with E-state index in [1.807, 2.05) is 30.3 Å². The Labute approximate surface area is 174 Å². The van der Waals surface area contributed by atoms with Crippen molar-refractivity contribution < 1.29 is 14.3 Å². The van der Waals surface area contributed by atoms with Crippen LogP contribution in [0.2, 0.25) is 0 Å². The molecule has 1 fully saturated rings. The van der Waals surface area contributed by atoms with Gasteiger partial charge in [-0.15, -0.1) is 0 Å². The number of ether oxygens (including phenoxy) is 1. The number of hydrogen-bond donors (Lipinski definition) is 1. The maximum absolute atomic E-state index is 12.4. The number of benzene rings is 2. The Kier molecular flexibility index (Phi) is 5.44. The Morgan fingerprint density at radius 3 is 2.37 bits per heavy atom. The first-order valence-electron chi connectivity index (χ1n) is 10.1. The summed E-state index contributed by atoms with van der Waals surface area (Å²) in [6.45, 7) is -0.0686. The lowest BCUT2D eigenvalue weighted by Gasteiger charge is -2.42. The second-order valence-electron chi connectivity index (χ2n) is 7.85. The molecule has 0 unspecified atom stereocenters. The lowest BCUT2D eigenvalue weighted by molar-refractivity contribution is -0.149. The van der Waals surface area contributed by atoms with E-state index in [2.05, 4.69) is 17.4 Å². The van der Waals surface area contributed by atoms with E-state index < -0.39 is 5.97 Å². The van der Waals surface area contributed by atoms with Gasteiger partial charge in [0.25, 0.3) is 5.91 Å². The van der Waals surface area contributed by atoms with Gasteiger partial charge in [0.15, 0.2) is 6.61 Å². The average Bonchev–Trinajstić information content (AvgIpc) is 2.97. The molecule has 30 heavy (non-hydrogen) atoms. The topological polar surface area (TPSA) is 82.3 Å². The smallest absolute Gasteiger partial charge is 0.329 e. The summed E-state index contributed by atoms with van der Waals surface area (Å²) in [6.07, 6.45) is 3.20. The van der Waals surface area contributed by atoms with Gasteiger partial charge in [0.05, 0.1) is 11.0 Å². The molecule has 4 rings (SSSR count). The van der Waals surface area contributed by atoms with Crippen molar-refractivity contribution in [2.24, 2.45) is 7.05 Å². The second kappa shape index (κ2) is 8.18. The van der Waals surface area contributed by atoms with E-state index in [1.54, 1.807) is 19.2 Å². The predicted octanol–water partition coefficient (Wildman–Crippen LogP) is 2.12. The van der Waals surface area contributed by atoms with Crippen LogP contribution in [-0.2, 0) is 33.3 Å². The molecule has 1 saturated carbocycles. The van der Waals surface area contributed by atoms with Crippen LogP contribution in [0.15, 0.2) is 59.4 Å². The van der Waals surface area contributed by atoms with Crippen LogP contribution in [0.4, 0.5) is 0 Å². The van der Waals surface area contributed by atoms with Crippen LogP contribution >= 0.6 is 0 Å². The van der Waals surface area contributed by atoms with Gasteiger partial charge in [-0.25, -0.2) is 4.79 Å². The molecule has 0 bridgehead atoms. The summed E-state index contributed by atoms with van der Waals surface area (Å²) in [7, 11) is 1.66. The molecule has 1 amide bonds. The van der Waals surface area contributed by atoms with E-state index >= 15 is 0 Å². The molecule has 1 aliphatic carbocycles. The monoisotopic (exact) mass is 407 g/mol. The van der Waals surface area contributed by atoms with E-state index in [1.165, 1.54) is 14.7 Å². The number of carbonyl (C=O) groups is 2. The maximum atomic E-state index is 12.4. The van der Waals surface area contributed by atoms with Gasteiger partial charge < -0.3 is 10.1 Å². The Hall–Kier alpha value is -3.35. The van der Waals surface area contributed by atoms with Gasteiger partial charge >= 0.3 is 11.7 Å².